The second kappa shape index (κ2) is 4.31. The Bertz CT molecular complexity index is 676. The average Bonchev–Trinajstić information content (AvgIpc) is 2.66. The van der Waals surface area contributed by atoms with Gasteiger partial charge >= 0.3 is 0 Å². The van der Waals surface area contributed by atoms with Gasteiger partial charge in [-0.05, 0) is 40.2 Å². The van der Waals surface area contributed by atoms with Gasteiger partial charge in [0.05, 0.1) is 11.4 Å². The van der Waals surface area contributed by atoms with Gasteiger partial charge in [-0.15, -0.1) is 0 Å². The van der Waals surface area contributed by atoms with Crippen LogP contribution in [0.1, 0.15) is 15.9 Å². The molecule has 0 unspecified atom stereocenters. The normalized spacial score (nSPS) is 13.9. The highest BCUT2D eigenvalue weighted by Crippen LogP contribution is 2.39. The molecule has 1 amide bonds. The molecule has 94 valence electrons. The van der Waals surface area contributed by atoms with Crippen LogP contribution in [0.5, 0.6) is 0 Å². The van der Waals surface area contributed by atoms with Crippen molar-refractivity contribution < 1.29 is 9.18 Å². The molecule has 4 heteroatoms. The average molecular weight is 318 g/mol. The fourth-order valence-corrected chi connectivity index (χ4v) is 2.62. The Morgan fingerprint density at radius 3 is 2.47 bits per heavy atom. The van der Waals surface area contributed by atoms with Crippen molar-refractivity contribution >= 4 is 33.2 Å². The van der Waals surface area contributed by atoms with E-state index < -0.39 is 5.82 Å². The van der Waals surface area contributed by atoms with E-state index in [0.717, 1.165) is 5.56 Å². The molecule has 2 aromatic rings. The first-order valence-corrected chi connectivity index (χ1v) is 6.46. The molecule has 0 aromatic heterocycles. The molecule has 0 N–H and O–H groups in total. The van der Waals surface area contributed by atoms with E-state index in [0.29, 0.717) is 21.4 Å². The van der Waals surface area contributed by atoms with Gasteiger partial charge in [0.1, 0.15) is 5.82 Å². The molecule has 0 atom stereocenters. The van der Waals surface area contributed by atoms with E-state index in [1.54, 1.807) is 18.2 Å². The van der Waals surface area contributed by atoms with Crippen molar-refractivity contribution in [1.29, 1.82) is 0 Å². The maximum atomic E-state index is 13.4. The highest BCUT2D eigenvalue weighted by Gasteiger charge is 2.32. The standard InChI is InChI=1S/C15H9BrFNO/c1-9-11-4-2-3-5-12(11)15(19)18(9)14-8-10(17)6-7-13(14)16/h2-8H,1H2. The van der Waals surface area contributed by atoms with E-state index in [2.05, 4.69) is 22.5 Å². The lowest BCUT2D eigenvalue weighted by Gasteiger charge is -2.19. The van der Waals surface area contributed by atoms with Gasteiger partial charge in [0.15, 0.2) is 0 Å². The van der Waals surface area contributed by atoms with Gasteiger partial charge in [0.2, 0.25) is 0 Å². The van der Waals surface area contributed by atoms with Crippen LogP contribution in [-0.4, -0.2) is 5.91 Å². The SMILES string of the molecule is C=C1c2ccccc2C(=O)N1c1cc(F)ccc1Br. The number of carbonyl (C=O) groups excluding carboxylic acids is 1. The predicted molar refractivity (Wildman–Crippen MR) is 76.4 cm³/mol. The lowest BCUT2D eigenvalue weighted by Crippen LogP contribution is -2.22. The number of amides is 1. The van der Waals surface area contributed by atoms with Gasteiger partial charge in [-0.2, -0.15) is 0 Å². The van der Waals surface area contributed by atoms with Crippen molar-refractivity contribution in [2.24, 2.45) is 0 Å². The van der Waals surface area contributed by atoms with Crippen LogP contribution in [0.4, 0.5) is 10.1 Å². The van der Waals surface area contributed by atoms with Crippen LogP contribution in [0.3, 0.4) is 0 Å². The number of anilines is 1. The zero-order chi connectivity index (χ0) is 13.6. The number of carbonyl (C=O) groups is 1. The summed E-state index contributed by atoms with van der Waals surface area (Å²) in [5, 5.41) is 0. The van der Waals surface area contributed by atoms with E-state index in [4.69, 9.17) is 0 Å². The van der Waals surface area contributed by atoms with Crippen LogP contribution in [0, 0.1) is 5.82 Å². The lowest BCUT2D eigenvalue weighted by atomic mass is 10.1. The summed E-state index contributed by atoms with van der Waals surface area (Å²) in [4.78, 5) is 13.8. The first-order valence-electron chi connectivity index (χ1n) is 5.67. The summed E-state index contributed by atoms with van der Waals surface area (Å²) >= 11 is 3.34. The van der Waals surface area contributed by atoms with Gasteiger partial charge in [-0.25, -0.2) is 4.39 Å². The zero-order valence-corrected chi connectivity index (χ0v) is 11.4. The smallest absolute Gasteiger partial charge is 0.263 e. The molecule has 3 rings (SSSR count). The van der Waals surface area contributed by atoms with Crippen LogP contribution < -0.4 is 4.90 Å². The number of hydrogen-bond acceptors (Lipinski definition) is 1. The van der Waals surface area contributed by atoms with Gasteiger partial charge < -0.3 is 0 Å². The molecular formula is C15H9BrFNO. The third-order valence-electron chi connectivity index (χ3n) is 3.09. The van der Waals surface area contributed by atoms with Crippen molar-refractivity contribution in [3.05, 3.63) is 70.5 Å². The number of hydrogen-bond donors (Lipinski definition) is 0. The number of benzene rings is 2. The minimum absolute atomic E-state index is 0.188. The summed E-state index contributed by atoms with van der Waals surface area (Å²) < 4.78 is 14.0. The van der Waals surface area contributed by atoms with Gasteiger partial charge in [-0.3, -0.25) is 9.69 Å². The molecule has 0 spiro atoms. The molecule has 0 saturated heterocycles. The van der Waals surface area contributed by atoms with Crippen LogP contribution in [0.2, 0.25) is 0 Å². The van der Waals surface area contributed by atoms with Crippen molar-refractivity contribution in [2.45, 2.75) is 0 Å². The number of nitrogens with zero attached hydrogens (tertiary/aromatic N) is 1. The first-order chi connectivity index (χ1) is 9.09. The molecule has 1 heterocycles. The summed E-state index contributed by atoms with van der Waals surface area (Å²) in [6.07, 6.45) is 0. The monoisotopic (exact) mass is 317 g/mol. The number of fused-ring (bicyclic) bond motifs is 1. The highest BCUT2D eigenvalue weighted by molar-refractivity contribution is 9.10. The van der Waals surface area contributed by atoms with E-state index in [1.165, 1.54) is 17.0 Å². The molecule has 2 nitrogen and oxygen atoms in total. The molecule has 19 heavy (non-hydrogen) atoms. The molecule has 0 saturated carbocycles. The zero-order valence-electron chi connectivity index (χ0n) is 9.86. The first kappa shape index (κ1) is 12.1. The van der Waals surface area contributed by atoms with E-state index in [-0.39, 0.29) is 5.91 Å². The molecular weight excluding hydrogens is 309 g/mol. The summed E-state index contributed by atoms with van der Waals surface area (Å²) in [7, 11) is 0. The highest BCUT2D eigenvalue weighted by atomic mass is 79.9. The Morgan fingerprint density at radius 2 is 1.79 bits per heavy atom. The number of rotatable bonds is 1. The maximum Gasteiger partial charge on any atom is 0.263 e. The van der Waals surface area contributed by atoms with Crippen LogP contribution in [0.15, 0.2) is 53.5 Å². The van der Waals surface area contributed by atoms with Crippen LogP contribution >= 0.6 is 15.9 Å². The van der Waals surface area contributed by atoms with Crippen LogP contribution in [0.25, 0.3) is 5.70 Å². The summed E-state index contributed by atoms with van der Waals surface area (Å²) in [5.74, 6) is -0.582. The molecule has 0 aliphatic carbocycles. The minimum Gasteiger partial charge on any atom is -0.276 e. The summed E-state index contributed by atoms with van der Waals surface area (Å²) in [6.45, 7) is 3.94. The van der Waals surface area contributed by atoms with E-state index in [9.17, 15) is 9.18 Å². The fourth-order valence-electron chi connectivity index (χ4n) is 2.20. The summed E-state index contributed by atoms with van der Waals surface area (Å²) in [5.41, 5.74) is 2.39. The van der Waals surface area contributed by atoms with Gasteiger partial charge in [0.25, 0.3) is 5.91 Å². The second-order valence-corrected chi connectivity index (χ2v) is 5.08. The number of halogens is 2. The molecule has 0 bridgehead atoms. The molecule has 1 aliphatic rings. The van der Waals surface area contributed by atoms with Crippen molar-refractivity contribution in [3.8, 4) is 0 Å². The van der Waals surface area contributed by atoms with Gasteiger partial charge in [0, 0.05) is 15.6 Å². The summed E-state index contributed by atoms with van der Waals surface area (Å²) in [6, 6.07) is 11.5. The fraction of sp³-hybridized carbons (Fsp3) is 0. The second-order valence-electron chi connectivity index (χ2n) is 4.23. The Hall–Kier alpha value is -1.94. The van der Waals surface area contributed by atoms with Crippen molar-refractivity contribution in [2.75, 3.05) is 4.90 Å². The Balaban J connectivity index is 2.17. The minimum atomic E-state index is -0.394. The molecule has 0 radical (unpaired) electrons. The van der Waals surface area contributed by atoms with Gasteiger partial charge in [-0.1, -0.05) is 24.8 Å². The van der Waals surface area contributed by atoms with E-state index >= 15 is 0 Å². The van der Waals surface area contributed by atoms with E-state index in [1.807, 2.05) is 12.1 Å². The predicted octanol–water partition coefficient (Wildman–Crippen LogP) is 4.22. The topological polar surface area (TPSA) is 20.3 Å². The third kappa shape index (κ3) is 1.79. The van der Waals surface area contributed by atoms with Crippen LogP contribution in [-0.2, 0) is 0 Å². The quantitative estimate of drug-likeness (QED) is 0.771. The Kier molecular flexibility index (Phi) is 2.75. The largest absolute Gasteiger partial charge is 0.276 e. The van der Waals surface area contributed by atoms with Crippen molar-refractivity contribution in [1.82, 2.24) is 0 Å². The molecule has 2 aromatic carbocycles. The molecule has 0 fully saturated rings. The third-order valence-corrected chi connectivity index (χ3v) is 3.76. The molecule has 1 aliphatic heterocycles. The van der Waals surface area contributed by atoms with Crippen molar-refractivity contribution in [3.63, 3.8) is 0 Å². The lowest BCUT2D eigenvalue weighted by molar-refractivity contribution is 0.101. The Morgan fingerprint density at radius 1 is 1.11 bits per heavy atom. The maximum absolute atomic E-state index is 13.4. The Labute approximate surface area is 118 Å².